The number of carboxylic acid groups (broad SMARTS) is 1. The molecule has 0 saturated heterocycles. The number of carbonyl (C=O) groups is 1. The van der Waals surface area contributed by atoms with Gasteiger partial charge in [0.05, 0.1) is 0 Å². The van der Waals surface area contributed by atoms with Gasteiger partial charge in [-0.05, 0) is 30.0 Å². The molecular weight excluding hydrogens is 221 g/mol. The monoisotopic (exact) mass is 232 g/mol. The van der Waals surface area contributed by atoms with Gasteiger partial charge in [-0.25, -0.2) is 13.2 Å². The average Bonchev–Trinajstić information content (AvgIpc) is 2.23. The van der Waals surface area contributed by atoms with Crippen LogP contribution in [0, 0.1) is 11.6 Å². The molecular formula is C11H11F3O2. The second-order valence-corrected chi connectivity index (χ2v) is 3.43. The van der Waals surface area contributed by atoms with Gasteiger partial charge in [-0.2, -0.15) is 0 Å². The lowest BCUT2D eigenvalue weighted by Crippen LogP contribution is -2.00. The number of aryl methyl sites for hydroxylation is 1. The van der Waals surface area contributed by atoms with Crippen LogP contribution in [0.25, 0.3) is 0 Å². The van der Waals surface area contributed by atoms with Crippen molar-refractivity contribution in [2.45, 2.75) is 25.9 Å². The quantitative estimate of drug-likeness (QED) is 0.847. The smallest absolute Gasteiger partial charge is 0.303 e. The van der Waals surface area contributed by atoms with E-state index in [0.29, 0.717) is 0 Å². The highest BCUT2D eigenvalue weighted by molar-refractivity contribution is 5.66. The van der Waals surface area contributed by atoms with Crippen molar-refractivity contribution in [3.63, 3.8) is 0 Å². The number of aliphatic carboxylic acids is 1. The first-order valence-corrected chi connectivity index (χ1v) is 4.79. The standard InChI is InChI=1S/C11H11F3O2/c12-6-7-4-8(2-1-3-10(15)16)11(14)9(13)5-7/h4-5H,1-3,6H2,(H,15,16). The Hall–Kier alpha value is -1.52. The van der Waals surface area contributed by atoms with E-state index in [4.69, 9.17) is 5.11 Å². The molecule has 16 heavy (non-hydrogen) atoms. The minimum atomic E-state index is -1.10. The molecule has 0 bridgehead atoms. The summed E-state index contributed by atoms with van der Waals surface area (Å²) in [4.78, 5) is 10.2. The minimum absolute atomic E-state index is 0.0221. The molecule has 0 amide bonds. The van der Waals surface area contributed by atoms with Gasteiger partial charge in [0.15, 0.2) is 11.6 Å². The normalized spacial score (nSPS) is 10.4. The molecule has 0 heterocycles. The molecule has 0 aliphatic rings. The van der Waals surface area contributed by atoms with Crippen molar-refractivity contribution in [2.75, 3.05) is 0 Å². The Labute approximate surface area is 90.7 Å². The maximum Gasteiger partial charge on any atom is 0.303 e. The number of carboxylic acids is 1. The van der Waals surface area contributed by atoms with Crippen LogP contribution in [-0.2, 0) is 17.9 Å². The van der Waals surface area contributed by atoms with E-state index in [1.54, 1.807) is 0 Å². The van der Waals surface area contributed by atoms with Gasteiger partial charge in [-0.15, -0.1) is 0 Å². The van der Waals surface area contributed by atoms with E-state index in [-0.39, 0.29) is 30.4 Å². The Kier molecular flexibility index (Phi) is 4.34. The fourth-order valence-corrected chi connectivity index (χ4v) is 1.40. The average molecular weight is 232 g/mol. The molecule has 0 unspecified atom stereocenters. The maximum atomic E-state index is 13.2. The summed E-state index contributed by atoms with van der Waals surface area (Å²) in [5.41, 5.74) is 0.0816. The van der Waals surface area contributed by atoms with Crippen LogP contribution in [-0.4, -0.2) is 11.1 Å². The fourth-order valence-electron chi connectivity index (χ4n) is 1.40. The van der Waals surface area contributed by atoms with Gasteiger partial charge in [-0.1, -0.05) is 6.07 Å². The molecule has 0 radical (unpaired) electrons. The molecule has 1 aromatic rings. The van der Waals surface area contributed by atoms with Gasteiger partial charge in [0.2, 0.25) is 0 Å². The van der Waals surface area contributed by atoms with Crippen molar-refractivity contribution in [2.24, 2.45) is 0 Å². The van der Waals surface area contributed by atoms with Crippen molar-refractivity contribution in [3.8, 4) is 0 Å². The second kappa shape index (κ2) is 5.53. The maximum absolute atomic E-state index is 13.2. The summed E-state index contributed by atoms with van der Waals surface area (Å²) in [6.45, 7) is -0.872. The second-order valence-electron chi connectivity index (χ2n) is 3.43. The van der Waals surface area contributed by atoms with Crippen molar-refractivity contribution in [1.29, 1.82) is 0 Å². The largest absolute Gasteiger partial charge is 0.481 e. The highest BCUT2D eigenvalue weighted by Gasteiger charge is 2.11. The summed E-state index contributed by atoms with van der Waals surface area (Å²) < 4.78 is 38.4. The van der Waals surface area contributed by atoms with Crippen molar-refractivity contribution < 1.29 is 23.1 Å². The zero-order valence-corrected chi connectivity index (χ0v) is 8.47. The van der Waals surface area contributed by atoms with Crippen LogP contribution in [0.2, 0.25) is 0 Å². The van der Waals surface area contributed by atoms with E-state index < -0.39 is 24.3 Å². The highest BCUT2D eigenvalue weighted by atomic mass is 19.2. The molecule has 88 valence electrons. The Balaban J connectivity index is 2.78. The van der Waals surface area contributed by atoms with Gasteiger partial charge in [0, 0.05) is 6.42 Å². The Bertz CT molecular complexity index is 391. The summed E-state index contributed by atoms with van der Waals surface area (Å²) >= 11 is 0. The lowest BCUT2D eigenvalue weighted by Gasteiger charge is -2.05. The lowest BCUT2D eigenvalue weighted by atomic mass is 10.0. The third-order valence-corrected chi connectivity index (χ3v) is 2.15. The van der Waals surface area contributed by atoms with Crippen LogP contribution < -0.4 is 0 Å². The Morgan fingerprint density at radius 1 is 1.31 bits per heavy atom. The summed E-state index contributed by atoms with van der Waals surface area (Å²) in [6.07, 6.45) is 0.158. The molecule has 5 heteroatoms. The Morgan fingerprint density at radius 2 is 2.00 bits per heavy atom. The predicted octanol–water partition coefficient (Wildman–Crippen LogP) is 2.84. The van der Waals surface area contributed by atoms with Crippen molar-refractivity contribution in [1.82, 2.24) is 0 Å². The molecule has 0 saturated carbocycles. The summed E-state index contributed by atoms with van der Waals surface area (Å²) in [6, 6.07) is 2.02. The first-order chi connectivity index (χ1) is 7.54. The predicted molar refractivity (Wildman–Crippen MR) is 51.7 cm³/mol. The molecule has 1 aromatic carbocycles. The van der Waals surface area contributed by atoms with Gasteiger partial charge >= 0.3 is 5.97 Å². The van der Waals surface area contributed by atoms with Crippen LogP contribution in [0.15, 0.2) is 12.1 Å². The Morgan fingerprint density at radius 3 is 2.56 bits per heavy atom. The topological polar surface area (TPSA) is 37.3 Å². The minimum Gasteiger partial charge on any atom is -0.481 e. The molecule has 0 aromatic heterocycles. The van der Waals surface area contributed by atoms with E-state index in [9.17, 15) is 18.0 Å². The number of rotatable bonds is 5. The number of hydrogen-bond donors (Lipinski definition) is 1. The molecule has 0 atom stereocenters. The third kappa shape index (κ3) is 3.25. The summed E-state index contributed by atoms with van der Waals surface area (Å²) in [7, 11) is 0. The van der Waals surface area contributed by atoms with Gasteiger partial charge in [0.25, 0.3) is 0 Å². The number of hydrogen-bond acceptors (Lipinski definition) is 1. The van der Waals surface area contributed by atoms with E-state index in [0.717, 1.165) is 6.07 Å². The lowest BCUT2D eigenvalue weighted by molar-refractivity contribution is -0.137. The summed E-state index contributed by atoms with van der Waals surface area (Å²) in [5.74, 6) is -3.12. The first kappa shape index (κ1) is 12.5. The first-order valence-electron chi connectivity index (χ1n) is 4.79. The third-order valence-electron chi connectivity index (χ3n) is 2.15. The zero-order chi connectivity index (χ0) is 12.1. The van der Waals surface area contributed by atoms with Gasteiger partial charge < -0.3 is 5.11 Å². The highest BCUT2D eigenvalue weighted by Crippen LogP contribution is 2.18. The molecule has 0 fully saturated rings. The van der Waals surface area contributed by atoms with E-state index in [2.05, 4.69) is 0 Å². The van der Waals surface area contributed by atoms with E-state index >= 15 is 0 Å². The molecule has 2 nitrogen and oxygen atoms in total. The van der Waals surface area contributed by atoms with Crippen LogP contribution in [0.1, 0.15) is 24.0 Å². The number of benzene rings is 1. The van der Waals surface area contributed by atoms with Crippen LogP contribution >= 0.6 is 0 Å². The van der Waals surface area contributed by atoms with E-state index in [1.165, 1.54) is 6.07 Å². The van der Waals surface area contributed by atoms with Crippen molar-refractivity contribution >= 4 is 5.97 Å². The van der Waals surface area contributed by atoms with Crippen LogP contribution in [0.5, 0.6) is 0 Å². The van der Waals surface area contributed by atoms with Crippen molar-refractivity contribution in [3.05, 3.63) is 34.9 Å². The van der Waals surface area contributed by atoms with Gasteiger partial charge in [-0.3, -0.25) is 4.79 Å². The molecule has 1 N–H and O–H groups in total. The fraction of sp³-hybridized carbons (Fsp3) is 0.364. The zero-order valence-electron chi connectivity index (χ0n) is 8.47. The van der Waals surface area contributed by atoms with Crippen LogP contribution in [0.4, 0.5) is 13.2 Å². The summed E-state index contributed by atoms with van der Waals surface area (Å²) in [5, 5.41) is 8.39. The molecule has 0 aliphatic heterocycles. The van der Waals surface area contributed by atoms with E-state index in [1.807, 2.05) is 0 Å². The number of alkyl halides is 1. The number of halogens is 3. The molecule has 1 rings (SSSR count). The van der Waals surface area contributed by atoms with Gasteiger partial charge in [0.1, 0.15) is 6.67 Å². The van der Waals surface area contributed by atoms with Crippen LogP contribution in [0.3, 0.4) is 0 Å². The molecule has 0 aliphatic carbocycles. The molecule has 0 spiro atoms. The SMILES string of the molecule is O=C(O)CCCc1cc(CF)cc(F)c1F.